The van der Waals surface area contributed by atoms with Gasteiger partial charge in [-0.25, -0.2) is 18.2 Å². The Morgan fingerprint density at radius 1 is 1.14 bits per heavy atom. The predicted octanol–water partition coefficient (Wildman–Crippen LogP) is 4.00. The Balaban J connectivity index is 1.29. The van der Waals surface area contributed by atoms with E-state index in [-0.39, 0.29) is 30.1 Å². The maximum atomic E-state index is 14.9. The minimum atomic E-state index is -0.479. The van der Waals surface area contributed by atoms with E-state index < -0.39 is 17.5 Å². The molecule has 5 rings (SSSR count). The maximum absolute atomic E-state index is 14.9. The second-order valence-electron chi connectivity index (χ2n) is 9.53. The lowest BCUT2D eigenvalue weighted by atomic mass is 10.1. The van der Waals surface area contributed by atoms with Gasteiger partial charge in [0.1, 0.15) is 27.2 Å². The lowest BCUT2D eigenvalue weighted by Gasteiger charge is -2.34. The van der Waals surface area contributed by atoms with E-state index in [4.69, 9.17) is 0 Å². The molecule has 0 aliphatic carbocycles. The van der Waals surface area contributed by atoms with Gasteiger partial charge in [0.05, 0.1) is 17.1 Å². The molecule has 10 heteroatoms. The first-order valence-electron chi connectivity index (χ1n) is 11.8. The van der Waals surface area contributed by atoms with Crippen LogP contribution < -0.4 is 20.4 Å². The zero-order valence-corrected chi connectivity index (χ0v) is 20.7. The number of pyridine rings is 1. The van der Waals surface area contributed by atoms with Gasteiger partial charge in [-0.05, 0) is 43.9 Å². The number of rotatable bonds is 6. The summed E-state index contributed by atoms with van der Waals surface area (Å²) in [4.78, 5) is 21.9. The summed E-state index contributed by atoms with van der Waals surface area (Å²) >= 11 is 1.18. The zero-order chi connectivity index (χ0) is 24.9. The van der Waals surface area contributed by atoms with Crippen LogP contribution in [0.25, 0.3) is 10.2 Å². The number of aromatic nitrogens is 1. The summed E-state index contributed by atoms with van der Waals surface area (Å²) in [5, 5.41) is 6.85. The number of benzene rings is 1. The number of piperazine rings is 1. The van der Waals surface area contributed by atoms with Crippen molar-refractivity contribution in [1.82, 2.24) is 15.6 Å². The first-order valence-corrected chi connectivity index (χ1v) is 12.6. The maximum Gasteiger partial charge on any atom is 0.263 e. The van der Waals surface area contributed by atoms with Crippen LogP contribution in [0.1, 0.15) is 33.8 Å². The fourth-order valence-corrected chi connectivity index (χ4v) is 6.26. The molecule has 2 fully saturated rings. The van der Waals surface area contributed by atoms with Crippen LogP contribution in [0.4, 0.5) is 24.5 Å². The number of hydrogen-bond donors (Lipinski definition) is 2. The zero-order valence-electron chi connectivity index (χ0n) is 19.9. The molecule has 2 aliphatic rings. The number of carbonyl (C=O) groups is 1. The molecule has 2 aliphatic heterocycles. The molecule has 2 bridgehead atoms. The van der Waals surface area contributed by atoms with Crippen LogP contribution in [0.15, 0.2) is 18.2 Å². The number of nitrogens with zero attached hydrogens (tertiary/aromatic N) is 3. The number of amides is 1. The largest absolute Gasteiger partial charge is 0.376 e. The Kier molecular flexibility index (Phi) is 6.35. The molecular weight excluding hydrogens is 475 g/mol. The second kappa shape index (κ2) is 9.31. The molecule has 2 atom stereocenters. The highest BCUT2D eigenvalue weighted by atomic mass is 32.1. The number of anilines is 2. The number of aryl methyl sites for hydroxylation is 1. The fraction of sp³-hybridized carbons (Fsp3) is 0.440. The van der Waals surface area contributed by atoms with Crippen molar-refractivity contribution in [2.24, 2.45) is 0 Å². The van der Waals surface area contributed by atoms with E-state index >= 15 is 0 Å². The molecule has 2 unspecified atom stereocenters. The van der Waals surface area contributed by atoms with Crippen molar-refractivity contribution in [2.45, 2.75) is 38.3 Å². The normalized spacial score (nSPS) is 19.4. The van der Waals surface area contributed by atoms with Crippen molar-refractivity contribution in [3.05, 3.63) is 51.8 Å². The van der Waals surface area contributed by atoms with Gasteiger partial charge < -0.3 is 20.4 Å². The van der Waals surface area contributed by atoms with Gasteiger partial charge in [-0.2, -0.15) is 0 Å². The lowest BCUT2D eigenvalue weighted by molar-refractivity contribution is 0.0958. The third-order valence-electron chi connectivity index (χ3n) is 6.79. The standard InChI is InChI=1S/C25H28F3N5OS/c1-13-18(26)9-17-22(32(2)3)23(35-25(17)30-13)24(34)29-7-6-14-8-20(28)21(10-19(14)27)33-11-15-4-5-16(12-33)31-15/h8-10,15-16,31H,4-7,11-12H2,1-3H3,(H,29,34). The number of hydrogen-bond acceptors (Lipinski definition) is 6. The second-order valence-corrected chi connectivity index (χ2v) is 10.5. The Morgan fingerprint density at radius 3 is 2.54 bits per heavy atom. The van der Waals surface area contributed by atoms with Crippen LogP contribution in [0, 0.1) is 24.4 Å². The molecule has 1 aromatic carbocycles. The molecule has 35 heavy (non-hydrogen) atoms. The Labute approximate surface area is 206 Å². The van der Waals surface area contributed by atoms with Crippen molar-refractivity contribution < 1.29 is 18.0 Å². The SMILES string of the molecule is Cc1nc2sc(C(=O)NCCc3cc(F)c(N4CC5CCC(C4)N5)cc3F)c(N(C)C)c2cc1F. The summed E-state index contributed by atoms with van der Waals surface area (Å²) < 4.78 is 43.9. The Bertz CT molecular complexity index is 1280. The molecule has 186 valence electrons. The van der Waals surface area contributed by atoms with E-state index in [1.165, 1.54) is 29.5 Å². The van der Waals surface area contributed by atoms with E-state index in [2.05, 4.69) is 15.6 Å². The van der Waals surface area contributed by atoms with Crippen molar-refractivity contribution in [3.63, 3.8) is 0 Å². The van der Waals surface area contributed by atoms with Crippen molar-refractivity contribution in [2.75, 3.05) is 43.5 Å². The molecule has 6 nitrogen and oxygen atoms in total. The third-order valence-corrected chi connectivity index (χ3v) is 7.88. The Morgan fingerprint density at radius 2 is 1.86 bits per heavy atom. The quantitative estimate of drug-likeness (QED) is 0.533. The lowest BCUT2D eigenvalue weighted by Crippen LogP contribution is -2.51. The van der Waals surface area contributed by atoms with E-state index in [1.807, 2.05) is 4.90 Å². The molecule has 4 heterocycles. The van der Waals surface area contributed by atoms with E-state index in [0.29, 0.717) is 51.6 Å². The van der Waals surface area contributed by atoms with Crippen molar-refractivity contribution in [1.29, 1.82) is 0 Å². The molecule has 0 saturated carbocycles. The summed E-state index contributed by atoms with van der Waals surface area (Å²) in [6.45, 7) is 3.05. The van der Waals surface area contributed by atoms with Crippen LogP contribution in [-0.4, -0.2) is 56.7 Å². The summed E-state index contributed by atoms with van der Waals surface area (Å²) in [6.07, 6.45) is 2.27. The van der Waals surface area contributed by atoms with Gasteiger partial charge in [0.25, 0.3) is 5.91 Å². The molecule has 0 spiro atoms. The van der Waals surface area contributed by atoms with Crippen molar-refractivity contribution >= 4 is 38.8 Å². The highest BCUT2D eigenvalue weighted by Gasteiger charge is 2.33. The van der Waals surface area contributed by atoms with Crippen LogP contribution in [-0.2, 0) is 6.42 Å². The minimum absolute atomic E-state index is 0.133. The summed E-state index contributed by atoms with van der Waals surface area (Å²) in [6, 6.07) is 4.55. The van der Waals surface area contributed by atoms with Crippen molar-refractivity contribution in [3.8, 4) is 0 Å². The highest BCUT2D eigenvalue weighted by Crippen LogP contribution is 2.37. The number of halogens is 3. The average molecular weight is 504 g/mol. The molecule has 2 aromatic heterocycles. The van der Waals surface area contributed by atoms with Gasteiger partial charge in [0.2, 0.25) is 0 Å². The van der Waals surface area contributed by atoms with E-state index in [9.17, 15) is 18.0 Å². The number of fused-ring (bicyclic) bond motifs is 3. The first-order chi connectivity index (χ1) is 16.7. The van der Waals surface area contributed by atoms with E-state index in [1.54, 1.807) is 25.9 Å². The number of thiophene rings is 1. The highest BCUT2D eigenvalue weighted by molar-refractivity contribution is 7.21. The van der Waals surface area contributed by atoms with Crippen LogP contribution in [0.3, 0.4) is 0 Å². The predicted molar refractivity (Wildman–Crippen MR) is 133 cm³/mol. The average Bonchev–Trinajstić information content (AvgIpc) is 3.34. The fourth-order valence-electron chi connectivity index (χ4n) is 5.07. The molecule has 2 saturated heterocycles. The third kappa shape index (κ3) is 4.56. The summed E-state index contributed by atoms with van der Waals surface area (Å²) in [5.74, 6) is -1.72. The van der Waals surface area contributed by atoms with Gasteiger partial charge in [-0.1, -0.05) is 0 Å². The molecule has 1 amide bonds. The van der Waals surface area contributed by atoms with Gasteiger partial charge in [-0.3, -0.25) is 4.79 Å². The van der Waals surface area contributed by atoms with Gasteiger partial charge >= 0.3 is 0 Å². The first kappa shape index (κ1) is 23.9. The van der Waals surface area contributed by atoms with Crippen LogP contribution in [0.2, 0.25) is 0 Å². The van der Waals surface area contributed by atoms with E-state index in [0.717, 1.165) is 12.8 Å². The summed E-state index contributed by atoms with van der Waals surface area (Å²) in [7, 11) is 3.55. The van der Waals surface area contributed by atoms with Crippen LogP contribution in [0.5, 0.6) is 0 Å². The number of nitrogens with one attached hydrogen (secondary N) is 2. The minimum Gasteiger partial charge on any atom is -0.376 e. The van der Waals surface area contributed by atoms with Gasteiger partial charge in [0, 0.05) is 57.3 Å². The molecular formula is C25H28F3N5OS. The number of carbonyl (C=O) groups excluding carboxylic acids is 1. The topological polar surface area (TPSA) is 60.5 Å². The molecule has 0 radical (unpaired) electrons. The monoisotopic (exact) mass is 503 g/mol. The summed E-state index contributed by atoms with van der Waals surface area (Å²) in [5.41, 5.74) is 1.36. The molecule has 3 aromatic rings. The Hall–Kier alpha value is -2.85. The van der Waals surface area contributed by atoms with Gasteiger partial charge in [-0.15, -0.1) is 11.3 Å². The smallest absolute Gasteiger partial charge is 0.263 e. The van der Waals surface area contributed by atoms with Crippen LogP contribution >= 0.6 is 11.3 Å². The molecule has 2 N–H and O–H groups in total. The van der Waals surface area contributed by atoms with Gasteiger partial charge in [0.15, 0.2) is 0 Å².